The maximum Gasteiger partial charge on any atom is 0.289 e. The fraction of sp³-hybridized carbons (Fsp3) is 0.200. The van der Waals surface area contributed by atoms with Crippen molar-refractivity contribution in [1.82, 2.24) is 4.72 Å². The Kier molecular flexibility index (Phi) is 7.88. The number of para-hydroxylation sites is 2. The van der Waals surface area contributed by atoms with Crippen molar-refractivity contribution in [2.45, 2.75) is 29.9 Å². The third-order valence-corrected chi connectivity index (χ3v) is 6.72. The zero-order valence-corrected chi connectivity index (χ0v) is 19.4. The van der Waals surface area contributed by atoms with Gasteiger partial charge < -0.3 is 14.2 Å². The summed E-state index contributed by atoms with van der Waals surface area (Å²) in [5.74, 6) is 0.588. The highest BCUT2D eigenvalue weighted by Gasteiger charge is 2.34. The molecule has 0 aromatic heterocycles. The smallest absolute Gasteiger partial charge is 0.289 e. The summed E-state index contributed by atoms with van der Waals surface area (Å²) in [4.78, 5) is 10.2. The molecule has 1 aliphatic rings. The number of rotatable bonds is 10. The Balaban J connectivity index is 1.52. The Morgan fingerprint density at radius 3 is 2.29 bits per heavy atom. The highest BCUT2D eigenvalue weighted by Crippen LogP contribution is 2.25. The van der Waals surface area contributed by atoms with Crippen molar-refractivity contribution in [1.29, 1.82) is 0 Å². The molecule has 3 aromatic carbocycles. The van der Waals surface area contributed by atoms with Gasteiger partial charge in [0.2, 0.25) is 16.3 Å². The van der Waals surface area contributed by atoms with Gasteiger partial charge in [0.25, 0.3) is 5.69 Å². The largest absolute Gasteiger partial charge is 0.461 e. The second kappa shape index (κ2) is 11.2. The van der Waals surface area contributed by atoms with Crippen molar-refractivity contribution < 1.29 is 27.6 Å². The summed E-state index contributed by atoms with van der Waals surface area (Å²) < 4.78 is 46.3. The van der Waals surface area contributed by atoms with Gasteiger partial charge in [-0.2, -0.15) is 0 Å². The van der Waals surface area contributed by atoms with Gasteiger partial charge in [-0.05, 0) is 29.8 Å². The van der Waals surface area contributed by atoms with E-state index < -0.39 is 44.0 Å². The van der Waals surface area contributed by atoms with Crippen LogP contribution >= 0.6 is 0 Å². The number of hydrogen-bond donors (Lipinski definition) is 1. The lowest BCUT2D eigenvalue weighted by Crippen LogP contribution is -2.49. The Morgan fingerprint density at radius 1 is 0.914 bits per heavy atom. The van der Waals surface area contributed by atoms with Gasteiger partial charge in [0.1, 0.15) is 11.9 Å². The Labute approximate surface area is 203 Å². The molecule has 0 saturated heterocycles. The lowest BCUT2D eigenvalue weighted by Gasteiger charge is -2.32. The molecule has 1 aliphatic heterocycles. The van der Waals surface area contributed by atoms with E-state index in [2.05, 4.69) is 4.72 Å². The molecule has 0 amide bonds. The molecular weight excluding hydrogens is 472 g/mol. The molecule has 9 nitrogen and oxygen atoms in total. The number of nitrogens with zero attached hydrogens (tertiary/aromatic N) is 1. The van der Waals surface area contributed by atoms with E-state index in [-0.39, 0.29) is 6.61 Å². The zero-order chi connectivity index (χ0) is 24.7. The summed E-state index contributed by atoms with van der Waals surface area (Å²) >= 11 is 0. The Bertz CT molecular complexity index is 1270. The molecule has 10 heteroatoms. The van der Waals surface area contributed by atoms with E-state index >= 15 is 0 Å². The van der Waals surface area contributed by atoms with E-state index in [4.69, 9.17) is 14.2 Å². The SMILES string of the molecule is O=[N+]([O-])c1ccccc1S(=O)(=O)N[C@@H]1C=C[C@H](Oc2ccccc2)O[C@@H]1COCc1ccccc1. The maximum atomic E-state index is 13.1. The van der Waals surface area contributed by atoms with E-state index in [1.807, 2.05) is 48.5 Å². The normalized spacial score (nSPS) is 19.8. The predicted octanol–water partition coefficient (Wildman–Crippen LogP) is 3.82. The first kappa shape index (κ1) is 24.6. The molecule has 4 rings (SSSR count). The number of sulfonamides is 1. The van der Waals surface area contributed by atoms with Gasteiger partial charge in [-0.3, -0.25) is 10.1 Å². The third-order valence-electron chi connectivity index (χ3n) is 5.22. The molecule has 0 spiro atoms. The van der Waals surface area contributed by atoms with Gasteiger partial charge >= 0.3 is 0 Å². The van der Waals surface area contributed by atoms with Gasteiger partial charge in [0.15, 0.2) is 4.90 Å². The highest BCUT2D eigenvalue weighted by molar-refractivity contribution is 7.89. The molecule has 3 aromatic rings. The topological polar surface area (TPSA) is 117 Å². The standard InChI is InChI=1S/C25H24N2O7S/c28-27(29)22-13-7-8-14-24(22)35(30,31)26-21-15-16-25(33-20-11-5-2-6-12-20)34-23(21)18-32-17-19-9-3-1-4-10-19/h1-16,21,23,25-26H,17-18H2/t21-,23-,25-/m1/s1. The second-order valence-electron chi connectivity index (χ2n) is 7.73. The van der Waals surface area contributed by atoms with E-state index in [0.29, 0.717) is 12.4 Å². The maximum absolute atomic E-state index is 13.1. The summed E-state index contributed by atoms with van der Waals surface area (Å²) in [5.41, 5.74) is 0.441. The van der Waals surface area contributed by atoms with Crippen LogP contribution in [0.3, 0.4) is 0 Å². The second-order valence-corrected chi connectivity index (χ2v) is 9.41. The van der Waals surface area contributed by atoms with Crippen LogP contribution < -0.4 is 9.46 Å². The molecule has 182 valence electrons. The molecule has 3 atom stereocenters. The van der Waals surface area contributed by atoms with Crippen LogP contribution in [0.2, 0.25) is 0 Å². The van der Waals surface area contributed by atoms with Crippen LogP contribution in [0.4, 0.5) is 5.69 Å². The van der Waals surface area contributed by atoms with Crippen molar-refractivity contribution in [3.63, 3.8) is 0 Å². The van der Waals surface area contributed by atoms with Crippen LogP contribution in [-0.2, 0) is 26.1 Å². The van der Waals surface area contributed by atoms with Crippen LogP contribution in [0.25, 0.3) is 0 Å². The van der Waals surface area contributed by atoms with Gasteiger partial charge in [0, 0.05) is 6.07 Å². The summed E-state index contributed by atoms with van der Waals surface area (Å²) in [6.45, 7) is 0.357. The van der Waals surface area contributed by atoms with Crippen molar-refractivity contribution >= 4 is 15.7 Å². The minimum absolute atomic E-state index is 0.0535. The van der Waals surface area contributed by atoms with Crippen LogP contribution in [0.5, 0.6) is 5.75 Å². The fourth-order valence-corrected chi connectivity index (χ4v) is 4.93. The van der Waals surface area contributed by atoms with Gasteiger partial charge in [-0.1, -0.05) is 66.7 Å². The Morgan fingerprint density at radius 2 is 1.57 bits per heavy atom. The molecule has 0 unspecified atom stereocenters. The fourth-order valence-electron chi connectivity index (χ4n) is 3.54. The molecule has 0 bridgehead atoms. The first-order valence-electron chi connectivity index (χ1n) is 10.9. The molecule has 1 heterocycles. The number of nitro groups is 1. The molecule has 35 heavy (non-hydrogen) atoms. The minimum atomic E-state index is -4.24. The van der Waals surface area contributed by atoms with Crippen molar-refractivity contribution in [2.24, 2.45) is 0 Å². The first-order chi connectivity index (χ1) is 16.9. The van der Waals surface area contributed by atoms with E-state index in [9.17, 15) is 18.5 Å². The highest BCUT2D eigenvalue weighted by atomic mass is 32.2. The first-order valence-corrected chi connectivity index (χ1v) is 12.3. The molecule has 0 saturated carbocycles. The zero-order valence-electron chi connectivity index (χ0n) is 18.6. The molecular formula is C25H24N2O7S. The summed E-state index contributed by atoms with van der Waals surface area (Å²) in [6.07, 6.45) is 1.68. The predicted molar refractivity (Wildman–Crippen MR) is 128 cm³/mol. The molecule has 0 fully saturated rings. The number of nitrogens with one attached hydrogen (secondary N) is 1. The third kappa shape index (κ3) is 6.52. The summed E-state index contributed by atoms with van der Waals surface area (Å²) in [6, 6.07) is 22.9. The molecule has 0 aliphatic carbocycles. The van der Waals surface area contributed by atoms with Crippen LogP contribution in [0, 0.1) is 10.1 Å². The number of benzene rings is 3. The van der Waals surface area contributed by atoms with Crippen LogP contribution in [0.1, 0.15) is 5.56 Å². The lowest BCUT2D eigenvalue weighted by molar-refractivity contribution is -0.387. The lowest BCUT2D eigenvalue weighted by atomic mass is 10.1. The van der Waals surface area contributed by atoms with E-state index in [1.165, 1.54) is 18.2 Å². The monoisotopic (exact) mass is 496 g/mol. The van der Waals surface area contributed by atoms with Gasteiger partial charge in [-0.25, -0.2) is 13.1 Å². The summed E-state index contributed by atoms with van der Waals surface area (Å²) in [5, 5.41) is 11.4. The average molecular weight is 497 g/mol. The van der Waals surface area contributed by atoms with E-state index in [1.54, 1.807) is 24.3 Å². The molecule has 0 radical (unpaired) electrons. The quantitative estimate of drug-likeness (QED) is 0.258. The number of hydrogen-bond acceptors (Lipinski definition) is 7. The average Bonchev–Trinajstić information content (AvgIpc) is 2.87. The molecule has 1 N–H and O–H groups in total. The minimum Gasteiger partial charge on any atom is -0.461 e. The van der Waals surface area contributed by atoms with Crippen molar-refractivity contribution in [3.8, 4) is 5.75 Å². The van der Waals surface area contributed by atoms with Crippen LogP contribution in [0.15, 0.2) is 102 Å². The van der Waals surface area contributed by atoms with Gasteiger partial charge in [-0.15, -0.1) is 0 Å². The Hall–Kier alpha value is -3.57. The number of ether oxygens (including phenoxy) is 3. The van der Waals surface area contributed by atoms with Crippen molar-refractivity contribution in [3.05, 3.63) is 113 Å². The van der Waals surface area contributed by atoms with E-state index in [0.717, 1.165) is 11.6 Å². The van der Waals surface area contributed by atoms with Crippen LogP contribution in [-0.4, -0.2) is 38.4 Å². The summed E-state index contributed by atoms with van der Waals surface area (Å²) in [7, 11) is -4.24. The number of nitro benzene ring substituents is 1. The van der Waals surface area contributed by atoms with Gasteiger partial charge in [0.05, 0.1) is 24.2 Å². The van der Waals surface area contributed by atoms with Crippen molar-refractivity contribution in [2.75, 3.05) is 6.61 Å².